The zero-order valence-corrected chi connectivity index (χ0v) is 56.6. The van der Waals surface area contributed by atoms with Crippen LogP contribution in [0.1, 0.15) is 299 Å². The molecule has 0 nitrogen and oxygen atoms in total. The van der Waals surface area contributed by atoms with E-state index in [4.69, 9.17) is 0 Å². The van der Waals surface area contributed by atoms with E-state index in [0.29, 0.717) is 0 Å². The van der Waals surface area contributed by atoms with Crippen molar-refractivity contribution in [3.05, 3.63) is 51.0 Å². The molecule has 0 N–H and O–H groups in total. The van der Waals surface area contributed by atoms with Crippen LogP contribution in [0.2, 0.25) is 14.8 Å². The van der Waals surface area contributed by atoms with E-state index in [1.54, 1.807) is 38.6 Å². The van der Waals surface area contributed by atoms with Crippen LogP contribution in [0, 0.1) is 18.8 Å². The molecule has 4 aromatic heterocycles. The van der Waals surface area contributed by atoms with Crippen LogP contribution in [0.25, 0.3) is 41.1 Å². The van der Waals surface area contributed by atoms with Gasteiger partial charge in [0.05, 0.1) is 0 Å². The van der Waals surface area contributed by atoms with Crippen molar-refractivity contribution in [3.63, 3.8) is 0 Å². The van der Waals surface area contributed by atoms with Crippen LogP contribution < -0.4 is 2.89 Å². The fraction of sp³-hybridized carbons (Fsp3) is 0.743. The first-order valence-corrected chi connectivity index (χ1v) is 46.1. The van der Waals surface area contributed by atoms with Gasteiger partial charge in [0.25, 0.3) is 0 Å². The Balaban J connectivity index is 1.33. The van der Waals surface area contributed by atoms with Crippen molar-refractivity contribution in [1.29, 1.82) is 0 Å². The van der Waals surface area contributed by atoms with Crippen LogP contribution in [-0.4, -0.2) is 18.4 Å². The van der Waals surface area contributed by atoms with Crippen molar-refractivity contribution in [1.82, 2.24) is 0 Å². The number of unbranched alkanes of at least 4 members (excludes halogenated alkanes) is 32. The minimum atomic E-state index is -2.40. The van der Waals surface area contributed by atoms with Crippen molar-refractivity contribution in [2.75, 3.05) is 0 Å². The number of fused-ring (bicyclic) bond motifs is 2. The quantitative estimate of drug-likeness (QED) is 0.0269. The molecular weight excluding hydrogens is 1090 g/mol. The number of hydrogen-bond donors (Lipinski definition) is 0. The van der Waals surface area contributed by atoms with Gasteiger partial charge in [0, 0.05) is 0 Å². The second kappa shape index (κ2) is 38.9. The first-order valence-electron chi connectivity index (χ1n) is 32.8. The fourth-order valence-electron chi connectivity index (χ4n) is 12.2. The summed E-state index contributed by atoms with van der Waals surface area (Å²) in [7, 11) is 0. The predicted molar refractivity (Wildman–Crippen MR) is 353 cm³/mol. The molecule has 0 aliphatic heterocycles. The molecule has 5 heteroatoms. The summed E-state index contributed by atoms with van der Waals surface area (Å²) in [5, 5.41) is 3.08. The Kier molecular flexibility index (Phi) is 33.8. The molecule has 0 saturated heterocycles. The molecule has 0 radical (unpaired) electrons. The minimum absolute atomic E-state index is 0.822. The summed E-state index contributed by atoms with van der Waals surface area (Å²) in [5.74, 6) is 1.64. The zero-order valence-electron chi connectivity index (χ0n) is 50.5. The van der Waals surface area contributed by atoms with Gasteiger partial charge in [-0.3, -0.25) is 0 Å². The summed E-state index contributed by atoms with van der Waals surface area (Å²) in [6, 6.07) is 15.5. The molecule has 0 aliphatic carbocycles. The Morgan fingerprint density at radius 2 is 0.640 bits per heavy atom. The molecule has 0 spiro atoms. The van der Waals surface area contributed by atoms with Gasteiger partial charge in [-0.2, -0.15) is 0 Å². The molecule has 0 aliphatic rings. The molecule has 0 amide bonds. The van der Waals surface area contributed by atoms with Crippen LogP contribution in [-0.2, 0) is 12.8 Å². The maximum absolute atomic E-state index is 2.72. The predicted octanol–water partition coefficient (Wildman–Crippen LogP) is 26.4. The molecule has 2 unspecified atom stereocenters. The maximum atomic E-state index is 2.72. The monoisotopic (exact) mass is 1200 g/mol. The van der Waals surface area contributed by atoms with Crippen LogP contribution in [0.4, 0.5) is 0 Å². The second-order valence-electron chi connectivity index (χ2n) is 25.1. The Bertz CT molecular complexity index is 2040. The number of rotatable bonds is 47. The molecule has 75 heavy (non-hydrogen) atoms. The standard InChI is InChI=1S/C67H107S4.3CH3.Sn/c1-6-10-14-18-22-26-28-32-36-40-44-56(42-38-34-30-24-20-16-12-8-3)53-58-46-48-62(70-58)64-60-50-51-68-66(60)65(61-52-55(5)69-67(61)64)63-49-47-59(71-63)54-57(43-39-35-31-25-21-17-13-9-4)45-41-37-33-29-27-23-19-15-11-7-2;;;;/h46-50,52,56-57H,6-45,53-54H2,1-5H3;3*1H3;. The van der Waals surface area contributed by atoms with Crippen LogP contribution in [0.3, 0.4) is 0 Å². The average molecular weight is 1200 g/mol. The van der Waals surface area contributed by atoms with E-state index in [-0.39, 0.29) is 0 Å². The van der Waals surface area contributed by atoms with E-state index in [1.807, 2.05) is 0 Å². The van der Waals surface area contributed by atoms with E-state index in [0.717, 1.165) is 11.8 Å². The van der Waals surface area contributed by atoms with Gasteiger partial charge in [-0.05, 0) is 0 Å². The summed E-state index contributed by atoms with van der Waals surface area (Å²) in [6.45, 7) is 11.7. The molecular formula is C70H116S4Sn. The summed E-state index contributed by atoms with van der Waals surface area (Å²) >= 11 is 6.17. The Hall–Kier alpha value is -0.661. The van der Waals surface area contributed by atoms with Crippen LogP contribution >= 0.6 is 45.3 Å². The van der Waals surface area contributed by atoms with Gasteiger partial charge in [-0.15, -0.1) is 0 Å². The van der Waals surface area contributed by atoms with Crippen molar-refractivity contribution < 1.29 is 0 Å². The SMILES string of the molecule is CCCCCCCCCCCCC(CCCCCCCCCC)Cc1ccc(-c2c3c[c]([Sn]([CH3])([CH3])[CH3])sc3c(-c3ccc(CC(CCCCCCCCCC)CCCCCCCCCCCC)s3)c3cc(C)sc23)s1. The third-order valence-corrected chi connectivity index (χ3v) is 30.9. The van der Waals surface area contributed by atoms with Gasteiger partial charge in [-0.1, -0.05) is 207 Å². The number of thiophene rings is 4. The summed E-state index contributed by atoms with van der Waals surface area (Å²) < 4.78 is 4.85. The van der Waals surface area contributed by atoms with Crippen molar-refractivity contribution in [2.24, 2.45) is 11.8 Å². The van der Waals surface area contributed by atoms with E-state index in [1.165, 1.54) is 290 Å². The van der Waals surface area contributed by atoms with Crippen LogP contribution in [0.15, 0.2) is 36.4 Å². The fourth-order valence-corrected chi connectivity index (χ4v) is 22.3. The summed E-state index contributed by atoms with van der Waals surface area (Å²) in [4.78, 5) is 15.7. The molecule has 4 heterocycles. The molecule has 1 aromatic carbocycles. The second-order valence-corrected chi connectivity index (χ2v) is 45.2. The van der Waals surface area contributed by atoms with Gasteiger partial charge in [-0.25, -0.2) is 0 Å². The van der Waals surface area contributed by atoms with Crippen molar-refractivity contribution >= 4 is 86.8 Å². The summed E-state index contributed by atoms with van der Waals surface area (Å²) in [6.07, 6.45) is 59.6. The van der Waals surface area contributed by atoms with Crippen LogP contribution in [0.5, 0.6) is 0 Å². The third-order valence-electron chi connectivity index (χ3n) is 17.0. The molecule has 424 valence electrons. The van der Waals surface area contributed by atoms with E-state index in [2.05, 4.69) is 131 Å². The molecule has 0 bridgehead atoms. The average Bonchev–Trinajstić information content (AvgIpc) is 4.27. The van der Waals surface area contributed by atoms with Gasteiger partial charge in [0.2, 0.25) is 0 Å². The van der Waals surface area contributed by atoms with E-state index in [9.17, 15) is 0 Å². The van der Waals surface area contributed by atoms with Gasteiger partial charge >= 0.3 is 282 Å². The molecule has 5 aromatic rings. The van der Waals surface area contributed by atoms with Gasteiger partial charge < -0.3 is 0 Å². The van der Waals surface area contributed by atoms with Crippen molar-refractivity contribution in [3.8, 4) is 20.9 Å². The summed E-state index contributed by atoms with van der Waals surface area (Å²) in [5.41, 5.74) is 3.12. The number of hydrogen-bond acceptors (Lipinski definition) is 4. The van der Waals surface area contributed by atoms with E-state index >= 15 is 0 Å². The first kappa shape index (κ1) is 65.2. The Morgan fingerprint density at radius 3 is 0.960 bits per heavy atom. The third kappa shape index (κ3) is 24.5. The van der Waals surface area contributed by atoms with E-state index < -0.39 is 18.4 Å². The number of aryl methyl sites for hydroxylation is 1. The topological polar surface area (TPSA) is 0 Å². The van der Waals surface area contributed by atoms with Gasteiger partial charge in [0.15, 0.2) is 0 Å². The normalized spacial score (nSPS) is 13.1. The van der Waals surface area contributed by atoms with Gasteiger partial charge in [0.1, 0.15) is 0 Å². The molecule has 2 atom stereocenters. The van der Waals surface area contributed by atoms with Crippen molar-refractivity contribution in [2.45, 2.75) is 319 Å². The Morgan fingerprint density at radius 1 is 0.347 bits per heavy atom. The molecule has 0 saturated carbocycles. The zero-order chi connectivity index (χ0) is 53.4. The Labute approximate surface area is 485 Å². The number of benzene rings is 1. The molecule has 5 rings (SSSR count). The first-order chi connectivity index (χ1) is 36.7. The molecule has 0 fully saturated rings.